The van der Waals surface area contributed by atoms with E-state index in [1.807, 2.05) is 23.4 Å². The molecule has 140 valence electrons. The van der Waals surface area contributed by atoms with Crippen LogP contribution in [-0.2, 0) is 0 Å². The van der Waals surface area contributed by atoms with E-state index >= 15 is 0 Å². The number of aromatic nitrogens is 2. The van der Waals surface area contributed by atoms with Crippen LogP contribution in [0.3, 0.4) is 0 Å². The third-order valence-corrected chi connectivity index (χ3v) is 5.86. The molecule has 1 aromatic carbocycles. The zero-order valence-corrected chi connectivity index (χ0v) is 15.5. The molecule has 26 heavy (non-hydrogen) atoms. The Labute approximate surface area is 154 Å². The Bertz CT molecular complexity index is 758. The smallest absolute Gasteiger partial charge is 0.317 e. The number of methoxy groups -OCH3 is 1. The molecule has 2 amide bonds. The molecule has 0 spiro atoms. The molecule has 6 nitrogen and oxygen atoms in total. The maximum atomic E-state index is 12.5. The first-order valence-electron chi connectivity index (χ1n) is 9.80. The second kappa shape index (κ2) is 7.56. The molecular formula is C20H28N4O2. The number of nitrogens with zero attached hydrogens (tertiary/aromatic N) is 3. The Morgan fingerprint density at radius 3 is 2.65 bits per heavy atom. The van der Waals surface area contributed by atoms with E-state index < -0.39 is 0 Å². The Hall–Kier alpha value is -2.24. The van der Waals surface area contributed by atoms with Crippen LogP contribution < -0.4 is 10.1 Å². The van der Waals surface area contributed by atoms with Gasteiger partial charge in [-0.15, -0.1) is 0 Å². The summed E-state index contributed by atoms with van der Waals surface area (Å²) in [5, 5.41) is 3.23. The van der Waals surface area contributed by atoms with Crippen molar-refractivity contribution in [3.05, 3.63) is 24.5 Å². The number of hydrogen-bond donors (Lipinski definition) is 1. The van der Waals surface area contributed by atoms with Crippen molar-refractivity contribution >= 4 is 17.1 Å². The molecule has 1 saturated carbocycles. The molecule has 2 aliphatic rings. The molecule has 1 aliphatic heterocycles. The molecule has 0 atom stereocenters. The van der Waals surface area contributed by atoms with Gasteiger partial charge in [-0.2, -0.15) is 0 Å². The lowest BCUT2D eigenvalue weighted by Gasteiger charge is -2.34. The lowest BCUT2D eigenvalue weighted by molar-refractivity contribution is 0.166. The van der Waals surface area contributed by atoms with Gasteiger partial charge in [-0.1, -0.05) is 19.3 Å². The zero-order chi connectivity index (χ0) is 17.9. The SMILES string of the molecule is COc1ccc2c(c1)ncn2C1CCN(C(=O)NC2CCCCC2)CC1. The van der Waals surface area contributed by atoms with E-state index in [-0.39, 0.29) is 6.03 Å². The normalized spacial score (nSPS) is 19.7. The fourth-order valence-corrected chi connectivity index (χ4v) is 4.29. The number of carbonyl (C=O) groups excluding carboxylic acids is 1. The summed E-state index contributed by atoms with van der Waals surface area (Å²) >= 11 is 0. The molecule has 1 aliphatic carbocycles. The lowest BCUT2D eigenvalue weighted by Crippen LogP contribution is -2.48. The molecular weight excluding hydrogens is 328 g/mol. The third kappa shape index (κ3) is 3.50. The number of carbonyl (C=O) groups is 1. The number of nitrogens with one attached hydrogen (secondary N) is 1. The van der Waals surface area contributed by atoms with Crippen molar-refractivity contribution in [1.82, 2.24) is 19.8 Å². The minimum Gasteiger partial charge on any atom is -0.497 e. The number of hydrogen-bond acceptors (Lipinski definition) is 3. The first-order valence-corrected chi connectivity index (χ1v) is 9.80. The zero-order valence-electron chi connectivity index (χ0n) is 15.5. The number of benzene rings is 1. The minimum atomic E-state index is 0.121. The molecule has 6 heteroatoms. The molecule has 2 fully saturated rings. The van der Waals surface area contributed by atoms with Gasteiger partial charge in [0.25, 0.3) is 0 Å². The van der Waals surface area contributed by atoms with Crippen molar-refractivity contribution in [2.24, 2.45) is 0 Å². The van der Waals surface area contributed by atoms with Crippen LogP contribution >= 0.6 is 0 Å². The summed E-state index contributed by atoms with van der Waals surface area (Å²) in [4.78, 5) is 19.0. The number of likely N-dealkylation sites (tertiary alicyclic amines) is 1. The minimum absolute atomic E-state index is 0.121. The van der Waals surface area contributed by atoms with Gasteiger partial charge in [0.05, 0.1) is 24.5 Å². The van der Waals surface area contributed by atoms with Crippen LogP contribution in [0.25, 0.3) is 11.0 Å². The number of imidazole rings is 1. The number of ether oxygens (including phenoxy) is 1. The first-order chi connectivity index (χ1) is 12.7. The van der Waals surface area contributed by atoms with E-state index in [0.29, 0.717) is 12.1 Å². The maximum absolute atomic E-state index is 12.5. The van der Waals surface area contributed by atoms with Gasteiger partial charge in [0.15, 0.2) is 0 Å². The van der Waals surface area contributed by atoms with Gasteiger partial charge in [-0.3, -0.25) is 0 Å². The lowest BCUT2D eigenvalue weighted by atomic mass is 9.95. The highest BCUT2D eigenvalue weighted by atomic mass is 16.5. The summed E-state index contributed by atoms with van der Waals surface area (Å²) < 4.78 is 7.53. The summed E-state index contributed by atoms with van der Waals surface area (Å²) in [6.45, 7) is 1.61. The van der Waals surface area contributed by atoms with E-state index in [4.69, 9.17) is 4.74 Å². The van der Waals surface area contributed by atoms with Crippen LogP contribution in [0.2, 0.25) is 0 Å². The van der Waals surface area contributed by atoms with Gasteiger partial charge in [0.1, 0.15) is 5.75 Å². The fraction of sp³-hybridized carbons (Fsp3) is 0.600. The number of fused-ring (bicyclic) bond motifs is 1. The average molecular weight is 356 g/mol. The van der Waals surface area contributed by atoms with E-state index in [1.165, 1.54) is 19.3 Å². The van der Waals surface area contributed by atoms with Gasteiger partial charge in [0, 0.05) is 31.2 Å². The number of piperidine rings is 1. The van der Waals surface area contributed by atoms with Gasteiger partial charge in [-0.25, -0.2) is 9.78 Å². The molecule has 0 bridgehead atoms. The third-order valence-electron chi connectivity index (χ3n) is 5.86. The number of amides is 2. The van der Waals surface area contributed by atoms with Gasteiger partial charge in [-0.05, 0) is 37.8 Å². The Morgan fingerprint density at radius 1 is 1.15 bits per heavy atom. The monoisotopic (exact) mass is 356 g/mol. The average Bonchev–Trinajstić information content (AvgIpc) is 3.12. The summed E-state index contributed by atoms with van der Waals surface area (Å²) in [6, 6.07) is 6.92. The summed E-state index contributed by atoms with van der Waals surface area (Å²) in [7, 11) is 1.67. The largest absolute Gasteiger partial charge is 0.497 e. The highest BCUT2D eigenvalue weighted by Crippen LogP contribution is 2.28. The Morgan fingerprint density at radius 2 is 1.92 bits per heavy atom. The number of urea groups is 1. The van der Waals surface area contributed by atoms with E-state index in [0.717, 1.165) is 55.6 Å². The first kappa shape index (κ1) is 17.2. The Balaban J connectivity index is 1.36. The van der Waals surface area contributed by atoms with Crippen molar-refractivity contribution < 1.29 is 9.53 Å². The predicted molar refractivity (Wildman–Crippen MR) is 102 cm³/mol. The van der Waals surface area contributed by atoms with Crippen LogP contribution in [0.5, 0.6) is 5.75 Å². The second-order valence-corrected chi connectivity index (χ2v) is 7.51. The summed E-state index contributed by atoms with van der Waals surface area (Å²) in [6.07, 6.45) is 9.91. The number of rotatable bonds is 3. The molecule has 0 unspecified atom stereocenters. The summed E-state index contributed by atoms with van der Waals surface area (Å²) in [5.41, 5.74) is 2.10. The molecule has 2 aromatic rings. The molecule has 2 heterocycles. The van der Waals surface area contributed by atoms with Crippen LogP contribution in [0, 0.1) is 0 Å². The molecule has 1 saturated heterocycles. The molecule has 1 N–H and O–H groups in total. The quantitative estimate of drug-likeness (QED) is 0.912. The molecule has 0 radical (unpaired) electrons. The van der Waals surface area contributed by atoms with Crippen molar-refractivity contribution in [3.63, 3.8) is 0 Å². The van der Waals surface area contributed by atoms with Crippen LogP contribution in [0.4, 0.5) is 4.79 Å². The second-order valence-electron chi connectivity index (χ2n) is 7.51. The Kier molecular flexibility index (Phi) is 5.00. The van der Waals surface area contributed by atoms with Crippen LogP contribution in [0.15, 0.2) is 24.5 Å². The van der Waals surface area contributed by atoms with E-state index in [2.05, 4.69) is 20.9 Å². The molecule has 1 aromatic heterocycles. The maximum Gasteiger partial charge on any atom is 0.317 e. The highest BCUT2D eigenvalue weighted by molar-refractivity contribution is 5.77. The predicted octanol–water partition coefficient (Wildman–Crippen LogP) is 3.72. The van der Waals surface area contributed by atoms with Crippen molar-refractivity contribution in [3.8, 4) is 5.75 Å². The topological polar surface area (TPSA) is 59.4 Å². The van der Waals surface area contributed by atoms with Crippen LogP contribution in [0.1, 0.15) is 51.0 Å². The highest BCUT2D eigenvalue weighted by Gasteiger charge is 2.26. The van der Waals surface area contributed by atoms with Crippen molar-refractivity contribution in [2.45, 2.75) is 57.0 Å². The van der Waals surface area contributed by atoms with Crippen LogP contribution in [-0.4, -0.2) is 46.7 Å². The summed E-state index contributed by atoms with van der Waals surface area (Å²) in [5.74, 6) is 0.831. The van der Waals surface area contributed by atoms with Crippen molar-refractivity contribution in [2.75, 3.05) is 20.2 Å². The van der Waals surface area contributed by atoms with E-state index in [1.54, 1.807) is 7.11 Å². The fourth-order valence-electron chi connectivity index (χ4n) is 4.29. The van der Waals surface area contributed by atoms with Gasteiger partial charge >= 0.3 is 6.03 Å². The van der Waals surface area contributed by atoms with E-state index in [9.17, 15) is 4.79 Å². The standard InChI is InChI=1S/C20H28N4O2/c1-26-17-7-8-19-18(13-17)21-14-24(19)16-9-11-23(12-10-16)20(25)22-15-5-3-2-4-6-15/h7-8,13-16H,2-6,9-12H2,1H3,(H,22,25). The molecule has 4 rings (SSSR count). The van der Waals surface area contributed by atoms with Crippen molar-refractivity contribution in [1.29, 1.82) is 0 Å². The van der Waals surface area contributed by atoms with Gasteiger partial charge in [0.2, 0.25) is 0 Å². The van der Waals surface area contributed by atoms with Gasteiger partial charge < -0.3 is 19.5 Å².